The summed E-state index contributed by atoms with van der Waals surface area (Å²) in [5.41, 5.74) is 15.0. The molecule has 4 heterocycles. The summed E-state index contributed by atoms with van der Waals surface area (Å²) in [4.78, 5) is 0. The molecule has 1 spiro atoms. The molecule has 0 bridgehead atoms. The van der Waals surface area contributed by atoms with Crippen LogP contribution >= 0.6 is 0 Å². The van der Waals surface area contributed by atoms with Crippen LogP contribution in [0.15, 0.2) is 223 Å². The van der Waals surface area contributed by atoms with Gasteiger partial charge in [0.15, 0.2) is 11.5 Å². The summed E-state index contributed by atoms with van der Waals surface area (Å²) >= 11 is 0. The lowest BCUT2D eigenvalue weighted by atomic mass is 9.68. The molecule has 1 aliphatic heterocycles. The number of hydrogen-bond acceptors (Lipinski definition) is 2. The maximum absolute atomic E-state index is 7.18. The van der Waals surface area contributed by atoms with Gasteiger partial charge in [-0.05, 0) is 117 Å². The van der Waals surface area contributed by atoms with Gasteiger partial charge < -0.3 is 18.3 Å². The van der Waals surface area contributed by atoms with Crippen molar-refractivity contribution in [1.82, 2.24) is 9.13 Å². The molecule has 0 radical (unpaired) electrons. The van der Waals surface area contributed by atoms with Crippen molar-refractivity contribution in [2.45, 2.75) is 5.41 Å². The van der Waals surface area contributed by atoms with E-state index >= 15 is 0 Å². The summed E-state index contributed by atoms with van der Waals surface area (Å²) in [7, 11) is 0. The highest BCUT2D eigenvalue weighted by Gasteiger charge is 2.54. The Morgan fingerprint density at radius 3 is 1.88 bits per heavy atom. The Labute approximate surface area is 373 Å². The van der Waals surface area contributed by atoms with Crippen molar-refractivity contribution in [1.29, 1.82) is 0 Å². The van der Waals surface area contributed by atoms with Gasteiger partial charge in [-0.25, -0.2) is 0 Å². The first-order chi connectivity index (χ1) is 32.2. The molecule has 3 aromatic heterocycles. The molecule has 0 amide bonds. The number of furan rings is 1. The predicted molar refractivity (Wildman–Crippen MR) is 265 cm³/mol. The second-order valence-electron chi connectivity index (χ2n) is 17.5. The third-order valence-electron chi connectivity index (χ3n) is 14.4. The summed E-state index contributed by atoms with van der Waals surface area (Å²) in [6.45, 7) is 0. The minimum Gasteiger partial charge on any atom is -0.455 e. The van der Waals surface area contributed by atoms with E-state index in [0.29, 0.717) is 0 Å². The molecule has 15 rings (SSSR count). The van der Waals surface area contributed by atoms with Crippen LogP contribution in [-0.4, -0.2) is 9.13 Å². The Balaban J connectivity index is 1.02. The van der Waals surface area contributed by atoms with Crippen LogP contribution < -0.4 is 4.74 Å². The third-order valence-corrected chi connectivity index (χ3v) is 14.4. The van der Waals surface area contributed by atoms with Gasteiger partial charge in [-0.3, -0.25) is 0 Å². The second-order valence-corrected chi connectivity index (χ2v) is 17.5. The predicted octanol–water partition coefficient (Wildman–Crippen LogP) is 15.9. The molecule has 1 atom stereocenters. The highest BCUT2D eigenvalue weighted by molar-refractivity contribution is 6.21. The van der Waals surface area contributed by atoms with Gasteiger partial charge >= 0.3 is 0 Å². The number of fused-ring (bicyclic) bond motifs is 19. The fourth-order valence-corrected chi connectivity index (χ4v) is 11.7. The van der Waals surface area contributed by atoms with Gasteiger partial charge in [0.05, 0.1) is 27.5 Å². The third kappa shape index (κ3) is 4.55. The minimum absolute atomic E-state index is 0.769. The number of hydrogen-bond donors (Lipinski definition) is 0. The van der Waals surface area contributed by atoms with Crippen molar-refractivity contribution in [3.05, 3.63) is 241 Å². The topological polar surface area (TPSA) is 32.2 Å². The number of ether oxygens (including phenoxy) is 1. The van der Waals surface area contributed by atoms with Crippen LogP contribution in [0.3, 0.4) is 0 Å². The monoisotopic (exact) mass is 828 g/mol. The van der Waals surface area contributed by atoms with Crippen molar-refractivity contribution in [3.8, 4) is 45.1 Å². The Kier molecular flexibility index (Phi) is 6.85. The Bertz CT molecular complexity index is 4170. The molecular formula is C61H36N2O2. The van der Waals surface area contributed by atoms with Gasteiger partial charge in [0.25, 0.3) is 0 Å². The van der Waals surface area contributed by atoms with Gasteiger partial charge in [0, 0.05) is 38.5 Å². The zero-order valence-corrected chi connectivity index (χ0v) is 35.0. The first-order valence-corrected chi connectivity index (χ1v) is 22.3. The van der Waals surface area contributed by atoms with Gasteiger partial charge in [0.2, 0.25) is 0 Å². The second kappa shape index (κ2) is 12.7. The van der Waals surface area contributed by atoms with Crippen molar-refractivity contribution >= 4 is 65.4 Å². The fourth-order valence-electron chi connectivity index (χ4n) is 11.7. The Morgan fingerprint density at radius 1 is 0.369 bits per heavy atom. The van der Waals surface area contributed by atoms with Crippen LogP contribution in [0.2, 0.25) is 0 Å². The quantitative estimate of drug-likeness (QED) is 0.178. The average Bonchev–Trinajstić information content (AvgIpc) is 4.10. The molecular weight excluding hydrogens is 793 g/mol. The van der Waals surface area contributed by atoms with Crippen LogP contribution in [0, 0.1) is 0 Å². The normalized spacial score (nSPS) is 15.0. The lowest BCUT2D eigenvalue weighted by Crippen LogP contribution is -2.31. The molecule has 302 valence electrons. The van der Waals surface area contributed by atoms with E-state index in [1.165, 1.54) is 76.6 Å². The van der Waals surface area contributed by atoms with Crippen molar-refractivity contribution < 1.29 is 9.15 Å². The van der Waals surface area contributed by atoms with Crippen LogP contribution in [0.5, 0.6) is 11.5 Å². The van der Waals surface area contributed by atoms with Crippen LogP contribution in [0.25, 0.3) is 99.0 Å². The summed E-state index contributed by atoms with van der Waals surface area (Å²) in [5, 5.41) is 8.43. The van der Waals surface area contributed by atoms with E-state index in [2.05, 4.69) is 221 Å². The number of benzene rings is 10. The van der Waals surface area contributed by atoms with Gasteiger partial charge in [-0.15, -0.1) is 0 Å². The standard InChI is InChI=1S/C61H36N2O2/c1-2-15-40(16-3-1)62-52-22-10-6-18-45(52)46-31-27-39(35-55(46)62)38-26-30-43-44-32-29-41(63-53-23-11-7-19-47(53)58-42-17-5-4-14-37(42)28-33-54(58)63)36-51(44)61(50(43)34-38)49-21-9-13-25-57(49)64-59-48-20-8-12-24-56(48)65-60(59)61/h1-36H. The largest absolute Gasteiger partial charge is 0.455 e. The molecule has 65 heavy (non-hydrogen) atoms. The minimum atomic E-state index is -0.839. The zero-order valence-electron chi connectivity index (χ0n) is 35.0. The maximum Gasteiger partial charge on any atom is 0.178 e. The first-order valence-electron chi connectivity index (χ1n) is 22.3. The van der Waals surface area contributed by atoms with Crippen molar-refractivity contribution in [2.75, 3.05) is 0 Å². The Morgan fingerprint density at radius 2 is 1.00 bits per heavy atom. The molecule has 10 aromatic carbocycles. The van der Waals surface area contributed by atoms with Crippen LogP contribution in [-0.2, 0) is 5.41 Å². The molecule has 0 N–H and O–H groups in total. The number of nitrogens with zero attached hydrogens (tertiary/aromatic N) is 2. The molecule has 0 fully saturated rings. The SMILES string of the molecule is c1ccc(-n2c3ccccc3c3ccc(-c4ccc5c(c4)C4(c6ccccc6Oc6c4oc4ccccc64)c4cc(-n6c7ccccc7c7c8ccccc8ccc76)ccc4-5)cc32)cc1. The van der Waals surface area contributed by atoms with E-state index in [1.807, 2.05) is 6.07 Å². The smallest absolute Gasteiger partial charge is 0.178 e. The molecule has 0 saturated carbocycles. The van der Waals surface area contributed by atoms with Gasteiger partial charge in [0.1, 0.15) is 16.7 Å². The summed E-state index contributed by atoms with van der Waals surface area (Å²) in [5.74, 6) is 2.41. The highest BCUT2D eigenvalue weighted by Crippen LogP contribution is 2.64. The summed E-state index contributed by atoms with van der Waals surface area (Å²) in [6, 6.07) is 79.4. The molecule has 1 aliphatic carbocycles. The molecule has 4 nitrogen and oxygen atoms in total. The zero-order chi connectivity index (χ0) is 42.4. The van der Waals surface area contributed by atoms with Crippen LogP contribution in [0.1, 0.15) is 22.5 Å². The molecule has 0 saturated heterocycles. The van der Waals surface area contributed by atoms with Gasteiger partial charge in [-0.1, -0.05) is 146 Å². The van der Waals surface area contributed by atoms with E-state index < -0.39 is 5.41 Å². The molecule has 4 heteroatoms. The summed E-state index contributed by atoms with van der Waals surface area (Å²) in [6.07, 6.45) is 0. The number of para-hydroxylation sites is 5. The van der Waals surface area contributed by atoms with E-state index in [4.69, 9.17) is 9.15 Å². The van der Waals surface area contributed by atoms with E-state index in [0.717, 1.165) is 56.3 Å². The fraction of sp³-hybridized carbons (Fsp3) is 0.0164. The lowest BCUT2D eigenvalue weighted by molar-refractivity contribution is 0.389. The number of aromatic nitrogens is 2. The van der Waals surface area contributed by atoms with E-state index in [1.54, 1.807) is 0 Å². The lowest BCUT2D eigenvalue weighted by Gasteiger charge is -2.36. The van der Waals surface area contributed by atoms with E-state index in [9.17, 15) is 0 Å². The summed E-state index contributed by atoms with van der Waals surface area (Å²) < 4.78 is 19.0. The van der Waals surface area contributed by atoms with Gasteiger partial charge in [-0.2, -0.15) is 0 Å². The first kappa shape index (κ1) is 34.9. The molecule has 13 aromatic rings. The van der Waals surface area contributed by atoms with Crippen molar-refractivity contribution in [2.24, 2.45) is 0 Å². The number of rotatable bonds is 3. The highest BCUT2D eigenvalue weighted by atomic mass is 16.5. The molecule has 1 unspecified atom stereocenters. The average molecular weight is 829 g/mol. The van der Waals surface area contributed by atoms with Crippen molar-refractivity contribution in [3.63, 3.8) is 0 Å². The van der Waals surface area contributed by atoms with Crippen LogP contribution in [0.4, 0.5) is 0 Å². The molecule has 2 aliphatic rings. The Hall–Kier alpha value is -8.60. The van der Waals surface area contributed by atoms with E-state index in [-0.39, 0.29) is 0 Å². The maximum atomic E-state index is 7.18.